The molecule has 0 radical (unpaired) electrons. The zero-order valence-corrected chi connectivity index (χ0v) is 12.2. The molecule has 102 valence electrons. The maximum absolute atomic E-state index is 11.7. The summed E-state index contributed by atoms with van der Waals surface area (Å²) in [6.07, 6.45) is 3.54. The normalized spacial score (nSPS) is 23.2. The molecule has 2 rings (SSSR count). The molecular weight excluding hydrogens is 285 g/mol. The van der Waals surface area contributed by atoms with Gasteiger partial charge in [0.1, 0.15) is 16.1 Å². The fourth-order valence-corrected chi connectivity index (χ4v) is 2.83. The van der Waals surface area contributed by atoms with Gasteiger partial charge in [-0.3, -0.25) is 4.79 Å². The first kappa shape index (κ1) is 14.3. The molecular formula is C13H15Cl2N3O. The maximum Gasteiger partial charge on any atom is 0.219 e. The Labute approximate surface area is 122 Å². The number of carbonyl (C=O) groups excluding carboxylic acids is 1. The van der Waals surface area contributed by atoms with E-state index in [0.717, 1.165) is 12.8 Å². The van der Waals surface area contributed by atoms with Gasteiger partial charge >= 0.3 is 0 Å². The molecule has 2 atom stereocenters. The monoisotopic (exact) mass is 299 g/mol. The van der Waals surface area contributed by atoms with Crippen molar-refractivity contribution in [2.45, 2.75) is 31.7 Å². The van der Waals surface area contributed by atoms with Crippen molar-refractivity contribution in [3.8, 4) is 0 Å². The summed E-state index contributed by atoms with van der Waals surface area (Å²) in [5.41, 5.74) is 0. The Morgan fingerprint density at radius 3 is 2.58 bits per heavy atom. The van der Waals surface area contributed by atoms with Crippen molar-refractivity contribution in [1.29, 1.82) is 0 Å². The van der Waals surface area contributed by atoms with Crippen molar-refractivity contribution in [3.05, 3.63) is 34.9 Å². The summed E-state index contributed by atoms with van der Waals surface area (Å²) in [7, 11) is 0. The second kappa shape index (κ2) is 5.88. The highest BCUT2D eigenvalue weighted by Crippen LogP contribution is 2.30. The summed E-state index contributed by atoms with van der Waals surface area (Å²) in [5.74, 6) is 0.699. The Morgan fingerprint density at radius 2 is 2.05 bits per heavy atom. The van der Waals surface area contributed by atoms with E-state index in [0.29, 0.717) is 22.7 Å². The summed E-state index contributed by atoms with van der Waals surface area (Å²) in [4.78, 5) is 21.9. The molecule has 1 aliphatic heterocycles. The van der Waals surface area contributed by atoms with E-state index >= 15 is 0 Å². The highest BCUT2D eigenvalue weighted by atomic mass is 35.5. The lowest BCUT2D eigenvalue weighted by molar-refractivity contribution is -0.131. The van der Waals surface area contributed by atoms with E-state index in [1.54, 1.807) is 11.8 Å². The van der Waals surface area contributed by atoms with Crippen LogP contribution >= 0.6 is 23.2 Å². The lowest BCUT2D eigenvalue weighted by atomic mass is 9.92. The van der Waals surface area contributed by atoms with Crippen LogP contribution in [0.15, 0.2) is 18.7 Å². The first-order valence-corrected chi connectivity index (χ1v) is 6.86. The average Bonchev–Trinajstić information content (AvgIpc) is 2.36. The predicted molar refractivity (Wildman–Crippen MR) is 75.4 cm³/mol. The number of carbonyl (C=O) groups is 1. The number of hydrogen-bond donors (Lipinski definition) is 0. The molecule has 1 amide bonds. The number of rotatable bonds is 2. The second-order valence-corrected chi connectivity index (χ2v) is 5.39. The predicted octanol–water partition coefficient (Wildman–Crippen LogP) is 3.06. The highest BCUT2D eigenvalue weighted by Gasteiger charge is 2.30. The zero-order chi connectivity index (χ0) is 14.0. The maximum atomic E-state index is 11.7. The second-order valence-electron chi connectivity index (χ2n) is 4.62. The molecule has 1 fully saturated rings. The molecule has 0 saturated carbocycles. The lowest BCUT2D eigenvalue weighted by Crippen LogP contribution is -2.44. The molecule has 0 spiro atoms. The van der Waals surface area contributed by atoms with Crippen LogP contribution in [-0.2, 0) is 4.79 Å². The quantitative estimate of drug-likeness (QED) is 0.623. The van der Waals surface area contributed by atoms with Crippen molar-refractivity contribution in [2.75, 3.05) is 6.54 Å². The third-order valence-corrected chi connectivity index (χ3v) is 3.74. The van der Waals surface area contributed by atoms with Crippen LogP contribution in [0.5, 0.6) is 0 Å². The molecule has 4 nitrogen and oxygen atoms in total. The number of hydrogen-bond acceptors (Lipinski definition) is 3. The number of piperidine rings is 1. The van der Waals surface area contributed by atoms with Gasteiger partial charge in [0.2, 0.25) is 5.91 Å². The van der Waals surface area contributed by atoms with Crippen LogP contribution in [0.4, 0.5) is 0 Å². The van der Waals surface area contributed by atoms with Crippen molar-refractivity contribution in [3.63, 3.8) is 0 Å². The van der Waals surface area contributed by atoms with Crippen LogP contribution < -0.4 is 0 Å². The van der Waals surface area contributed by atoms with Crippen LogP contribution in [0.1, 0.15) is 31.5 Å². The average molecular weight is 300 g/mol. The number of amides is 1. The van der Waals surface area contributed by atoms with Crippen molar-refractivity contribution in [1.82, 2.24) is 14.9 Å². The summed E-state index contributed by atoms with van der Waals surface area (Å²) in [5, 5.41) is 0.658. The topological polar surface area (TPSA) is 46.1 Å². The number of nitrogens with zero attached hydrogens (tertiary/aromatic N) is 3. The SMILES string of the molecule is C=C[C@H]1CC[C@@H](c2nc(Cl)cc(Cl)n2)CN1C(C)=O. The van der Waals surface area contributed by atoms with Gasteiger partial charge in [-0.15, -0.1) is 6.58 Å². The van der Waals surface area contributed by atoms with Crippen molar-refractivity contribution >= 4 is 29.1 Å². The smallest absolute Gasteiger partial charge is 0.219 e. The summed E-state index contributed by atoms with van der Waals surface area (Å²) in [6, 6.07) is 1.59. The third kappa shape index (κ3) is 3.25. The van der Waals surface area contributed by atoms with E-state index in [1.165, 1.54) is 6.07 Å². The van der Waals surface area contributed by atoms with Gasteiger partial charge in [0.05, 0.1) is 0 Å². The van der Waals surface area contributed by atoms with Gasteiger partial charge < -0.3 is 4.90 Å². The van der Waals surface area contributed by atoms with Gasteiger partial charge in [0, 0.05) is 31.5 Å². The molecule has 0 aliphatic carbocycles. The molecule has 0 unspecified atom stereocenters. The molecule has 2 heterocycles. The van der Waals surface area contributed by atoms with Crippen LogP contribution in [0.2, 0.25) is 10.3 Å². The van der Waals surface area contributed by atoms with Gasteiger partial charge in [0.15, 0.2) is 0 Å². The molecule has 1 aromatic heterocycles. The Hall–Kier alpha value is -1.13. The third-order valence-electron chi connectivity index (χ3n) is 3.35. The standard InChI is InChI=1S/C13H15Cl2N3O/c1-3-10-5-4-9(7-18(10)8(2)19)13-16-11(14)6-12(15)17-13/h3,6,9-10H,1,4-5,7H2,2H3/t9-,10+/m1/s1. The zero-order valence-electron chi connectivity index (χ0n) is 10.6. The molecule has 0 N–H and O–H groups in total. The van der Waals surface area contributed by atoms with Crippen LogP contribution in [0, 0.1) is 0 Å². The van der Waals surface area contributed by atoms with Gasteiger partial charge in [-0.25, -0.2) is 9.97 Å². The van der Waals surface area contributed by atoms with Gasteiger partial charge in [-0.1, -0.05) is 29.3 Å². The van der Waals surface area contributed by atoms with E-state index in [2.05, 4.69) is 16.5 Å². The minimum absolute atomic E-state index is 0.0303. The largest absolute Gasteiger partial charge is 0.336 e. The Kier molecular flexibility index (Phi) is 4.42. The molecule has 0 aromatic carbocycles. The summed E-state index contributed by atoms with van der Waals surface area (Å²) in [6.45, 7) is 5.91. The molecule has 1 aromatic rings. The van der Waals surface area contributed by atoms with Crippen LogP contribution in [-0.4, -0.2) is 33.4 Å². The summed E-state index contributed by atoms with van der Waals surface area (Å²) >= 11 is 11.8. The van der Waals surface area contributed by atoms with Crippen molar-refractivity contribution < 1.29 is 4.79 Å². The molecule has 19 heavy (non-hydrogen) atoms. The molecule has 1 aliphatic rings. The van der Waals surface area contributed by atoms with Crippen molar-refractivity contribution in [2.24, 2.45) is 0 Å². The fraction of sp³-hybridized carbons (Fsp3) is 0.462. The molecule has 1 saturated heterocycles. The van der Waals surface area contributed by atoms with E-state index < -0.39 is 0 Å². The van der Waals surface area contributed by atoms with Crippen LogP contribution in [0.25, 0.3) is 0 Å². The highest BCUT2D eigenvalue weighted by molar-refractivity contribution is 6.33. The number of halogens is 2. The molecule has 0 bridgehead atoms. The minimum Gasteiger partial charge on any atom is -0.336 e. The minimum atomic E-state index is 0.0303. The Morgan fingerprint density at radius 1 is 1.42 bits per heavy atom. The van der Waals surface area contributed by atoms with E-state index in [4.69, 9.17) is 23.2 Å². The lowest BCUT2D eigenvalue weighted by Gasteiger charge is -2.37. The Bertz CT molecular complexity index is 486. The number of likely N-dealkylation sites (tertiary alicyclic amines) is 1. The fourth-order valence-electron chi connectivity index (χ4n) is 2.40. The van der Waals surface area contributed by atoms with E-state index in [1.807, 2.05) is 6.08 Å². The van der Waals surface area contributed by atoms with Gasteiger partial charge in [-0.05, 0) is 12.8 Å². The Balaban J connectivity index is 2.22. The number of aromatic nitrogens is 2. The first-order chi connectivity index (χ1) is 9.01. The van der Waals surface area contributed by atoms with Crippen LogP contribution in [0.3, 0.4) is 0 Å². The summed E-state index contributed by atoms with van der Waals surface area (Å²) < 4.78 is 0. The van der Waals surface area contributed by atoms with E-state index in [-0.39, 0.29) is 17.9 Å². The van der Waals surface area contributed by atoms with E-state index in [9.17, 15) is 4.79 Å². The molecule has 6 heteroatoms. The van der Waals surface area contributed by atoms with Gasteiger partial charge in [-0.2, -0.15) is 0 Å². The van der Waals surface area contributed by atoms with Gasteiger partial charge in [0.25, 0.3) is 0 Å². The first-order valence-electron chi connectivity index (χ1n) is 6.11.